The van der Waals surface area contributed by atoms with E-state index in [2.05, 4.69) is 5.32 Å². The molecule has 1 amide bonds. The first kappa shape index (κ1) is 22.2. The number of amides is 1. The van der Waals surface area contributed by atoms with Crippen LogP contribution in [-0.2, 0) is 17.1 Å². The molecule has 0 aliphatic rings. The van der Waals surface area contributed by atoms with Gasteiger partial charge in [0.15, 0.2) is 0 Å². The highest BCUT2D eigenvalue weighted by molar-refractivity contribution is 7.89. The summed E-state index contributed by atoms with van der Waals surface area (Å²) >= 11 is 5.99. The molecule has 12 heteroatoms. The maximum atomic E-state index is 13.3. The smallest absolute Gasteiger partial charge is 0.344 e. The van der Waals surface area contributed by atoms with Crippen molar-refractivity contribution in [2.75, 3.05) is 5.32 Å². The summed E-state index contributed by atoms with van der Waals surface area (Å²) in [7, 11) is -3.34. The van der Waals surface area contributed by atoms with Crippen LogP contribution in [0.4, 0.5) is 23.2 Å². The van der Waals surface area contributed by atoms with Gasteiger partial charge in [-0.25, -0.2) is 12.8 Å². The van der Waals surface area contributed by atoms with E-state index in [0.29, 0.717) is 6.92 Å². The summed E-state index contributed by atoms with van der Waals surface area (Å²) in [4.78, 5) is 11.8. The number of carbonyl (C=O) groups excluding carboxylic acids is 1. The largest absolute Gasteiger partial charge is 0.404 e. The Bertz CT molecular complexity index is 1020. The van der Waals surface area contributed by atoms with Crippen LogP contribution in [0.5, 0.6) is 0 Å². The molecule has 28 heavy (non-hydrogen) atoms. The van der Waals surface area contributed by atoms with Gasteiger partial charge in [0.05, 0.1) is 5.02 Å². The first-order valence-electron chi connectivity index (χ1n) is 7.75. The Balaban J connectivity index is 2.34. The van der Waals surface area contributed by atoms with Gasteiger partial charge in [-0.3, -0.25) is 4.79 Å². The quantitative estimate of drug-likeness (QED) is 0.696. The fraction of sp³-hybridized carbons (Fsp3) is 0.312. The van der Waals surface area contributed by atoms with Gasteiger partial charge in [0, 0.05) is 18.9 Å². The van der Waals surface area contributed by atoms with Crippen molar-refractivity contribution >= 4 is 33.2 Å². The van der Waals surface area contributed by atoms with Gasteiger partial charge in [-0.15, -0.1) is 0 Å². The van der Waals surface area contributed by atoms with Gasteiger partial charge in [-0.05, 0) is 37.6 Å². The van der Waals surface area contributed by atoms with Gasteiger partial charge in [-0.2, -0.15) is 17.9 Å². The number of halogens is 5. The second-order valence-corrected chi connectivity index (χ2v) is 8.13. The molecule has 0 saturated carbocycles. The van der Waals surface area contributed by atoms with E-state index >= 15 is 0 Å². The summed E-state index contributed by atoms with van der Waals surface area (Å²) in [5, 5.41) is 1.89. The minimum atomic E-state index is -4.80. The standard InChI is InChI=1S/C16H16ClF4N3O3S/c1-8-6-10(4-5-11(8)18)22-15(25)14-13(17)12(7-24(14)3)28(26,27)23-9(2)16(19,20)21/h4-7,9,23H,1-3H3,(H,22,25)/t9-/m1/s1. The summed E-state index contributed by atoms with van der Waals surface area (Å²) in [6.45, 7) is 2.12. The zero-order valence-electron chi connectivity index (χ0n) is 14.9. The number of anilines is 1. The number of nitrogens with one attached hydrogen (secondary N) is 2. The van der Waals surface area contributed by atoms with E-state index in [1.54, 1.807) is 0 Å². The molecule has 0 bridgehead atoms. The van der Waals surface area contributed by atoms with E-state index in [9.17, 15) is 30.8 Å². The molecule has 0 fully saturated rings. The van der Waals surface area contributed by atoms with Gasteiger partial charge >= 0.3 is 6.18 Å². The highest BCUT2D eigenvalue weighted by atomic mass is 35.5. The van der Waals surface area contributed by atoms with E-state index in [1.165, 1.54) is 30.8 Å². The number of nitrogens with zero attached hydrogens (tertiary/aromatic N) is 1. The van der Waals surface area contributed by atoms with Crippen LogP contribution in [0.2, 0.25) is 5.02 Å². The molecule has 1 atom stereocenters. The molecule has 1 aromatic heterocycles. The Labute approximate surface area is 163 Å². The molecule has 6 nitrogen and oxygen atoms in total. The molecular weight excluding hydrogens is 426 g/mol. The molecule has 1 heterocycles. The Morgan fingerprint density at radius 3 is 2.43 bits per heavy atom. The third-order valence-electron chi connectivity index (χ3n) is 3.83. The molecule has 154 valence electrons. The van der Waals surface area contributed by atoms with Crippen molar-refractivity contribution in [1.29, 1.82) is 0 Å². The highest BCUT2D eigenvalue weighted by Crippen LogP contribution is 2.29. The van der Waals surface area contributed by atoms with Crippen LogP contribution in [0, 0.1) is 12.7 Å². The number of hydrogen-bond acceptors (Lipinski definition) is 3. The van der Waals surface area contributed by atoms with Crippen LogP contribution in [-0.4, -0.2) is 31.1 Å². The number of hydrogen-bond donors (Lipinski definition) is 2. The summed E-state index contributed by atoms with van der Waals surface area (Å²) < 4.78 is 78.3. The molecule has 0 aliphatic heterocycles. The van der Waals surface area contributed by atoms with Gasteiger partial charge in [0.1, 0.15) is 22.4 Å². The normalized spacial score (nSPS) is 13.4. The first-order valence-corrected chi connectivity index (χ1v) is 9.61. The highest BCUT2D eigenvalue weighted by Gasteiger charge is 2.40. The molecule has 1 aromatic carbocycles. The molecule has 0 radical (unpaired) electrons. The second-order valence-electron chi connectivity index (χ2n) is 6.07. The van der Waals surface area contributed by atoms with Crippen molar-refractivity contribution in [3.05, 3.63) is 46.5 Å². The second kappa shape index (κ2) is 7.72. The lowest BCUT2D eigenvalue weighted by atomic mass is 10.2. The lowest BCUT2D eigenvalue weighted by Gasteiger charge is -2.16. The van der Waals surface area contributed by atoms with Gasteiger partial charge in [-0.1, -0.05) is 11.6 Å². The number of alkyl halides is 3. The van der Waals surface area contributed by atoms with Crippen molar-refractivity contribution in [2.45, 2.75) is 31.0 Å². The van der Waals surface area contributed by atoms with Crippen LogP contribution in [0.15, 0.2) is 29.3 Å². The van der Waals surface area contributed by atoms with E-state index in [1.807, 2.05) is 0 Å². The predicted molar refractivity (Wildman–Crippen MR) is 95.4 cm³/mol. The van der Waals surface area contributed by atoms with Crippen molar-refractivity contribution in [1.82, 2.24) is 9.29 Å². The molecule has 0 spiro atoms. The lowest BCUT2D eigenvalue weighted by Crippen LogP contribution is -2.42. The first-order chi connectivity index (χ1) is 12.7. The average molecular weight is 442 g/mol. The molecule has 2 N–H and O–H groups in total. The van der Waals surface area contributed by atoms with E-state index < -0.39 is 43.9 Å². The Morgan fingerprint density at radius 2 is 1.89 bits per heavy atom. The number of carbonyl (C=O) groups is 1. The predicted octanol–water partition coefficient (Wildman–Crippen LogP) is 3.61. The van der Waals surface area contributed by atoms with Crippen molar-refractivity contribution in [3.8, 4) is 0 Å². The van der Waals surface area contributed by atoms with Crippen LogP contribution in [0.25, 0.3) is 0 Å². The number of aromatic nitrogens is 1. The number of aryl methyl sites for hydroxylation is 2. The van der Waals surface area contributed by atoms with Gasteiger partial charge in [0.2, 0.25) is 10.0 Å². The van der Waals surface area contributed by atoms with Crippen molar-refractivity contribution in [2.24, 2.45) is 7.05 Å². The van der Waals surface area contributed by atoms with Gasteiger partial charge in [0.25, 0.3) is 5.91 Å². The van der Waals surface area contributed by atoms with E-state index in [0.717, 1.165) is 16.8 Å². The summed E-state index contributed by atoms with van der Waals surface area (Å²) in [5.74, 6) is -1.29. The van der Waals surface area contributed by atoms with Crippen LogP contribution >= 0.6 is 11.6 Å². The third-order valence-corrected chi connectivity index (χ3v) is 5.88. The summed E-state index contributed by atoms with van der Waals surface area (Å²) in [6.07, 6.45) is -3.87. The number of sulfonamides is 1. The SMILES string of the molecule is Cc1cc(NC(=O)c2c(Cl)c(S(=O)(=O)N[C@H](C)C(F)(F)F)cn2C)ccc1F. The Kier molecular flexibility index (Phi) is 6.12. The minimum Gasteiger partial charge on any atom is -0.344 e. The molecule has 2 aromatic rings. The summed E-state index contributed by atoms with van der Waals surface area (Å²) in [5.41, 5.74) is 0.211. The zero-order chi connectivity index (χ0) is 21.4. The van der Waals surface area contributed by atoms with Crippen LogP contribution in [0.1, 0.15) is 23.0 Å². The zero-order valence-corrected chi connectivity index (χ0v) is 16.4. The maximum Gasteiger partial charge on any atom is 0.404 e. The monoisotopic (exact) mass is 441 g/mol. The molecule has 0 aliphatic carbocycles. The van der Waals surface area contributed by atoms with Crippen molar-refractivity contribution in [3.63, 3.8) is 0 Å². The van der Waals surface area contributed by atoms with E-state index in [4.69, 9.17) is 11.6 Å². The maximum absolute atomic E-state index is 13.3. The molecule has 0 unspecified atom stereocenters. The van der Waals surface area contributed by atoms with Crippen LogP contribution in [0.3, 0.4) is 0 Å². The third kappa shape index (κ3) is 4.65. The average Bonchev–Trinajstić information content (AvgIpc) is 2.85. The summed E-state index contributed by atoms with van der Waals surface area (Å²) in [6, 6.07) is 1.43. The Hall–Kier alpha value is -2.11. The fourth-order valence-electron chi connectivity index (χ4n) is 2.29. The Morgan fingerprint density at radius 1 is 1.29 bits per heavy atom. The topological polar surface area (TPSA) is 80.2 Å². The molecular formula is C16H16ClF4N3O3S. The number of rotatable bonds is 5. The molecule has 2 rings (SSSR count). The fourth-order valence-corrected chi connectivity index (χ4v) is 4.22. The minimum absolute atomic E-state index is 0.231. The lowest BCUT2D eigenvalue weighted by molar-refractivity contribution is -0.147. The van der Waals surface area contributed by atoms with Crippen molar-refractivity contribution < 1.29 is 30.8 Å². The number of benzene rings is 1. The molecule has 0 saturated heterocycles. The van der Waals surface area contributed by atoms with E-state index in [-0.39, 0.29) is 16.9 Å². The van der Waals surface area contributed by atoms with Crippen LogP contribution < -0.4 is 10.0 Å². The van der Waals surface area contributed by atoms with Gasteiger partial charge < -0.3 is 9.88 Å².